The first-order valence-electron chi connectivity index (χ1n) is 13.6. The first-order valence-corrected chi connectivity index (χ1v) is 13.6. The Labute approximate surface area is 221 Å². The van der Waals surface area contributed by atoms with E-state index in [0.29, 0.717) is 19.3 Å². The zero-order chi connectivity index (χ0) is 27.0. The van der Waals surface area contributed by atoms with Gasteiger partial charge in [0.05, 0.1) is 23.7 Å². The number of rotatable bonds is 4. The number of benzene rings is 1. The zero-order valence-corrected chi connectivity index (χ0v) is 22.1. The van der Waals surface area contributed by atoms with Gasteiger partial charge in [0, 0.05) is 12.3 Å². The Kier molecular flexibility index (Phi) is 5.74. The summed E-state index contributed by atoms with van der Waals surface area (Å²) < 4.78 is 21.1. The van der Waals surface area contributed by atoms with E-state index in [1.165, 1.54) is 24.6 Å². The van der Waals surface area contributed by atoms with Crippen LogP contribution >= 0.6 is 0 Å². The molecule has 0 unspecified atom stereocenters. The summed E-state index contributed by atoms with van der Waals surface area (Å²) in [5.41, 5.74) is 1.76. The Morgan fingerprint density at radius 1 is 1.21 bits per heavy atom. The molecule has 4 aliphatic rings. The summed E-state index contributed by atoms with van der Waals surface area (Å²) in [6, 6.07) is 6.31. The Morgan fingerprint density at radius 3 is 2.63 bits per heavy atom. The monoisotopic (exact) mass is 522 g/mol. The number of nitrogens with zero attached hydrogens (tertiary/aromatic N) is 2. The number of Topliss-reactive ketones (excluding diaryl/α,β-unsaturated/α-hetero) is 1. The van der Waals surface area contributed by atoms with Crippen LogP contribution in [0.4, 0.5) is 4.39 Å². The van der Waals surface area contributed by atoms with E-state index >= 15 is 0 Å². The van der Waals surface area contributed by atoms with E-state index in [9.17, 15) is 24.2 Å². The van der Waals surface area contributed by atoms with Crippen LogP contribution in [0, 0.1) is 34.4 Å². The molecule has 8 heteroatoms. The highest BCUT2D eigenvalue weighted by Gasteiger charge is 2.70. The second-order valence-electron chi connectivity index (χ2n) is 12.3. The maximum Gasteiger partial charge on any atom is 0.303 e. The molecule has 202 valence electrons. The van der Waals surface area contributed by atoms with Gasteiger partial charge < -0.3 is 14.9 Å². The lowest BCUT2D eigenvalue weighted by molar-refractivity contribution is -0.200. The number of carbonyl (C=O) groups excluding carboxylic acids is 2. The molecule has 7 nitrogen and oxygen atoms in total. The lowest BCUT2D eigenvalue weighted by atomic mass is 9.45. The van der Waals surface area contributed by atoms with E-state index in [0.717, 1.165) is 36.2 Å². The minimum absolute atomic E-state index is 0.0137. The zero-order valence-electron chi connectivity index (χ0n) is 22.1. The molecule has 1 aromatic carbocycles. The molecule has 38 heavy (non-hydrogen) atoms. The number of hydrogen-bond acceptors (Lipinski definition) is 6. The molecule has 0 amide bonds. The molecule has 2 N–H and O–H groups in total. The molecule has 1 aromatic heterocycles. The maximum absolute atomic E-state index is 13.5. The standard InChI is InChI=1S/C30H35FN2O5/c1-17(35)38-30(26(37)16-34)11-10-23-22-9-4-19-12-24-18(15-32-33(24)21-7-5-20(31)6-8-21)13-28(19,2)27(22)25(36)14-29(23,30)3/h5-8,12,15,22-23,25,27,34,36H,4,9-11,13-14,16H2,1-3H3/t22-,23-,25-,27+,28-,29-,30-/m0/s1. The van der Waals surface area contributed by atoms with Crippen LogP contribution in [0.2, 0.25) is 0 Å². The van der Waals surface area contributed by atoms with Gasteiger partial charge in [0.25, 0.3) is 0 Å². The number of hydrogen-bond donors (Lipinski definition) is 2. The van der Waals surface area contributed by atoms with Gasteiger partial charge in [0.1, 0.15) is 12.4 Å². The molecule has 0 bridgehead atoms. The number of aromatic nitrogens is 2. The van der Waals surface area contributed by atoms with Crippen LogP contribution in [0.5, 0.6) is 0 Å². The van der Waals surface area contributed by atoms with Crippen molar-refractivity contribution in [3.8, 4) is 5.69 Å². The van der Waals surface area contributed by atoms with E-state index < -0.39 is 35.5 Å². The van der Waals surface area contributed by atoms with Gasteiger partial charge in [-0.2, -0.15) is 5.10 Å². The van der Waals surface area contributed by atoms with Gasteiger partial charge in [0.2, 0.25) is 5.78 Å². The normalized spacial score (nSPS) is 37.4. The van der Waals surface area contributed by atoms with Crippen molar-refractivity contribution in [3.63, 3.8) is 0 Å². The maximum atomic E-state index is 13.5. The van der Waals surface area contributed by atoms with Gasteiger partial charge in [-0.25, -0.2) is 9.07 Å². The number of ether oxygens (including phenoxy) is 1. The summed E-state index contributed by atoms with van der Waals surface area (Å²) in [4.78, 5) is 25.2. The molecule has 0 saturated heterocycles. The molecular weight excluding hydrogens is 487 g/mol. The molecule has 3 fully saturated rings. The quantitative estimate of drug-likeness (QED) is 0.588. The highest BCUT2D eigenvalue weighted by molar-refractivity contribution is 5.91. The molecule has 0 aliphatic heterocycles. The summed E-state index contributed by atoms with van der Waals surface area (Å²) in [6.07, 6.45) is 7.28. The number of esters is 1. The molecule has 7 atom stereocenters. The van der Waals surface area contributed by atoms with E-state index in [4.69, 9.17) is 4.74 Å². The molecule has 0 radical (unpaired) electrons. The van der Waals surface area contributed by atoms with Gasteiger partial charge in [-0.15, -0.1) is 0 Å². The fourth-order valence-electron chi connectivity index (χ4n) is 9.02. The summed E-state index contributed by atoms with van der Waals surface area (Å²) in [6.45, 7) is 4.83. The Balaban J connectivity index is 1.37. The first-order chi connectivity index (χ1) is 18.0. The van der Waals surface area contributed by atoms with E-state index in [1.54, 1.807) is 12.1 Å². The Morgan fingerprint density at radius 2 is 1.95 bits per heavy atom. The lowest BCUT2D eigenvalue weighted by Crippen LogP contribution is -2.63. The average Bonchev–Trinajstić information content (AvgIpc) is 3.39. The molecular formula is C30H35FN2O5. The Hall–Kier alpha value is -2.84. The lowest BCUT2D eigenvalue weighted by Gasteiger charge is -2.60. The predicted molar refractivity (Wildman–Crippen MR) is 138 cm³/mol. The van der Waals surface area contributed by atoms with Crippen molar-refractivity contribution in [3.05, 3.63) is 53.1 Å². The van der Waals surface area contributed by atoms with Gasteiger partial charge >= 0.3 is 5.97 Å². The fourth-order valence-corrected chi connectivity index (χ4v) is 9.02. The van der Waals surface area contributed by atoms with Gasteiger partial charge in [-0.05, 0) is 97.6 Å². The average molecular weight is 523 g/mol. The van der Waals surface area contributed by atoms with Gasteiger partial charge in [0.15, 0.2) is 5.60 Å². The van der Waals surface area contributed by atoms with Crippen molar-refractivity contribution in [1.29, 1.82) is 0 Å². The SMILES string of the molecule is CC(=O)O[C@]1(C(=O)CO)CC[C@H]2[C@@H]3CCC4=Cc5c(cnn5-c5ccc(F)cc5)C[C@]4(C)[C@H]3[C@@H](O)C[C@@]21C. The summed E-state index contributed by atoms with van der Waals surface area (Å²) in [5.74, 6) is -1.07. The molecule has 0 spiro atoms. The van der Waals surface area contributed by atoms with Crippen molar-refractivity contribution in [2.24, 2.45) is 28.6 Å². The number of fused-ring (bicyclic) bond motifs is 6. The number of allylic oxidation sites excluding steroid dienone is 1. The number of aliphatic hydroxyl groups is 2. The summed E-state index contributed by atoms with van der Waals surface area (Å²) in [7, 11) is 0. The van der Waals surface area contributed by atoms with Gasteiger partial charge in [-0.1, -0.05) is 19.4 Å². The molecule has 1 heterocycles. The smallest absolute Gasteiger partial charge is 0.303 e. The van der Waals surface area contributed by atoms with E-state index in [-0.39, 0.29) is 29.0 Å². The van der Waals surface area contributed by atoms with E-state index in [1.807, 2.05) is 17.8 Å². The van der Waals surface area contributed by atoms with Crippen LogP contribution in [0.1, 0.15) is 64.1 Å². The van der Waals surface area contributed by atoms with Crippen LogP contribution in [-0.4, -0.2) is 50.1 Å². The van der Waals surface area contributed by atoms with E-state index in [2.05, 4.69) is 18.1 Å². The van der Waals surface area contributed by atoms with Crippen molar-refractivity contribution in [2.75, 3.05) is 6.61 Å². The van der Waals surface area contributed by atoms with Crippen LogP contribution in [-0.2, 0) is 20.7 Å². The van der Waals surface area contributed by atoms with Crippen LogP contribution in [0.25, 0.3) is 11.8 Å². The summed E-state index contributed by atoms with van der Waals surface area (Å²) in [5, 5.41) is 26.3. The highest BCUT2D eigenvalue weighted by atomic mass is 19.1. The third-order valence-corrected chi connectivity index (χ3v) is 10.5. The van der Waals surface area contributed by atoms with Crippen molar-refractivity contribution in [1.82, 2.24) is 9.78 Å². The van der Waals surface area contributed by atoms with Crippen molar-refractivity contribution >= 4 is 17.8 Å². The van der Waals surface area contributed by atoms with Crippen LogP contribution in [0.15, 0.2) is 36.0 Å². The molecule has 2 aromatic rings. The number of halogens is 1. The molecule has 6 rings (SSSR count). The topological polar surface area (TPSA) is 102 Å². The van der Waals surface area contributed by atoms with Gasteiger partial charge in [-0.3, -0.25) is 9.59 Å². The minimum atomic E-state index is -1.41. The number of aliphatic hydroxyl groups excluding tert-OH is 2. The third-order valence-electron chi connectivity index (χ3n) is 10.5. The highest BCUT2D eigenvalue weighted by Crippen LogP contribution is 2.68. The minimum Gasteiger partial charge on any atom is -0.451 e. The largest absolute Gasteiger partial charge is 0.451 e. The molecule has 3 saturated carbocycles. The third kappa shape index (κ3) is 3.35. The Bertz CT molecular complexity index is 1330. The molecule has 4 aliphatic carbocycles. The summed E-state index contributed by atoms with van der Waals surface area (Å²) >= 11 is 0. The number of carbonyl (C=O) groups is 2. The van der Waals surface area contributed by atoms with Crippen molar-refractivity contribution < 1.29 is 28.9 Å². The van der Waals surface area contributed by atoms with Crippen molar-refractivity contribution in [2.45, 2.75) is 71.0 Å². The fraction of sp³-hybridized carbons (Fsp3) is 0.567. The second-order valence-corrected chi connectivity index (χ2v) is 12.3. The van der Waals surface area contributed by atoms with Crippen LogP contribution in [0.3, 0.4) is 0 Å². The second kappa shape index (κ2) is 8.58. The van der Waals surface area contributed by atoms with Crippen LogP contribution < -0.4 is 0 Å². The number of ketones is 1. The first kappa shape index (κ1) is 25.4. The predicted octanol–water partition coefficient (Wildman–Crippen LogP) is 4.03.